The van der Waals surface area contributed by atoms with Gasteiger partial charge >= 0.3 is 0 Å². The molecule has 1 aromatic carbocycles. The maximum absolute atomic E-state index is 11.3. The number of hydrogen-bond donors (Lipinski definition) is 1. The van der Waals surface area contributed by atoms with Gasteiger partial charge in [0.25, 0.3) is 0 Å². The number of carboxylic acids is 1. The first-order chi connectivity index (χ1) is 8.15. The molecule has 1 heterocycles. The van der Waals surface area contributed by atoms with Crippen molar-refractivity contribution in [3.8, 4) is 11.5 Å². The molecule has 6 heteroatoms. The van der Waals surface area contributed by atoms with Gasteiger partial charge in [-0.15, -0.1) is 0 Å². The minimum absolute atomic E-state index is 0.150. The molecule has 0 bridgehead atoms. The lowest BCUT2D eigenvalue weighted by atomic mass is 10.2. The van der Waals surface area contributed by atoms with E-state index in [1.54, 1.807) is 18.2 Å². The van der Waals surface area contributed by atoms with Crippen LogP contribution in [-0.2, 0) is 9.59 Å². The number of rotatable bonds is 3. The van der Waals surface area contributed by atoms with Crippen molar-refractivity contribution in [3.63, 3.8) is 0 Å². The Morgan fingerprint density at radius 2 is 2.00 bits per heavy atom. The van der Waals surface area contributed by atoms with Crippen LogP contribution < -0.4 is 19.9 Å². The van der Waals surface area contributed by atoms with Crippen LogP contribution in [-0.4, -0.2) is 18.7 Å². The Labute approximate surface area is 96.5 Å². The number of benzene rings is 1. The summed E-state index contributed by atoms with van der Waals surface area (Å²) in [5.41, 5.74) is 0.488. The molecule has 0 unspecified atom stereocenters. The van der Waals surface area contributed by atoms with Gasteiger partial charge in [-0.3, -0.25) is 4.79 Å². The van der Waals surface area contributed by atoms with Crippen LogP contribution in [0.4, 0.5) is 5.69 Å². The third-order valence-electron chi connectivity index (χ3n) is 2.01. The lowest BCUT2D eigenvalue weighted by molar-refractivity contribution is -0.297. The van der Waals surface area contributed by atoms with E-state index in [1.807, 2.05) is 0 Å². The van der Waals surface area contributed by atoms with Gasteiger partial charge in [0.1, 0.15) is 0 Å². The van der Waals surface area contributed by atoms with Crippen LogP contribution in [0.15, 0.2) is 30.4 Å². The van der Waals surface area contributed by atoms with Gasteiger partial charge in [0.15, 0.2) is 11.5 Å². The maximum atomic E-state index is 11.3. The fourth-order valence-corrected chi connectivity index (χ4v) is 1.30. The third-order valence-corrected chi connectivity index (χ3v) is 2.01. The lowest BCUT2D eigenvalue weighted by Gasteiger charge is -2.03. The number of anilines is 1. The van der Waals surface area contributed by atoms with E-state index >= 15 is 0 Å². The predicted molar refractivity (Wildman–Crippen MR) is 55.3 cm³/mol. The minimum atomic E-state index is -1.43. The van der Waals surface area contributed by atoms with Crippen LogP contribution in [0.5, 0.6) is 11.5 Å². The largest absolute Gasteiger partial charge is 0.545 e. The van der Waals surface area contributed by atoms with Crippen LogP contribution in [0.25, 0.3) is 0 Å². The summed E-state index contributed by atoms with van der Waals surface area (Å²) in [5, 5.41) is 12.6. The average Bonchev–Trinajstić information content (AvgIpc) is 2.73. The number of hydrogen-bond acceptors (Lipinski definition) is 5. The smallest absolute Gasteiger partial charge is 0.248 e. The van der Waals surface area contributed by atoms with Crippen LogP contribution in [0, 0.1) is 0 Å². The number of aliphatic carboxylic acids is 1. The first kappa shape index (κ1) is 11.0. The maximum Gasteiger partial charge on any atom is 0.248 e. The molecule has 0 fully saturated rings. The van der Waals surface area contributed by atoms with Crippen molar-refractivity contribution in [2.24, 2.45) is 0 Å². The van der Waals surface area contributed by atoms with Gasteiger partial charge in [-0.2, -0.15) is 0 Å². The fraction of sp³-hybridized carbons (Fsp3) is 0.0909. The molecular formula is C11H8NO5-. The Hall–Kier alpha value is -2.50. The number of amides is 1. The number of carbonyl (C=O) groups is 2. The molecule has 0 saturated carbocycles. The summed E-state index contributed by atoms with van der Waals surface area (Å²) >= 11 is 0. The molecule has 6 nitrogen and oxygen atoms in total. The number of nitrogens with one attached hydrogen (secondary N) is 1. The third kappa shape index (κ3) is 2.75. The molecule has 1 amide bonds. The molecular weight excluding hydrogens is 226 g/mol. The van der Waals surface area contributed by atoms with Crippen molar-refractivity contribution in [3.05, 3.63) is 30.4 Å². The van der Waals surface area contributed by atoms with Crippen molar-refractivity contribution < 1.29 is 24.2 Å². The van der Waals surface area contributed by atoms with Crippen LogP contribution in [0.3, 0.4) is 0 Å². The van der Waals surface area contributed by atoms with Crippen molar-refractivity contribution in [2.45, 2.75) is 0 Å². The monoisotopic (exact) mass is 234 g/mol. The van der Waals surface area contributed by atoms with Crippen LogP contribution >= 0.6 is 0 Å². The van der Waals surface area contributed by atoms with Crippen molar-refractivity contribution in [1.29, 1.82) is 0 Å². The summed E-state index contributed by atoms with van der Waals surface area (Å²) in [5.74, 6) is -0.848. The Bertz CT molecular complexity index is 495. The highest BCUT2D eigenvalue weighted by Gasteiger charge is 2.13. The van der Waals surface area contributed by atoms with Gasteiger partial charge in [-0.05, 0) is 18.2 Å². The van der Waals surface area contributed by atoms with Crippen molar-refractivity contribution in [1.82, 2.24) is 0 Å². The van der Waals surface area contributed by atoms with E-state index in [4.69, 9.17) is 9.47 Å². The molecule has 0 aliphatic carbocycles. The van der Waals surface area contributed by atoms with E-state index in [0.29, 0.717) is 23.3 Å². The highest BCUT2D eigenvalue weighted by Crippen LogP contribution is 2.34. The Balaban J connectivity index is 2.04. The molecule has 1 N–H and O–H groups in total. The van der Waals surface area contributed by atoms with E-state index < -0.39 is 11.9 Å². The first-order valence-electron chi connectivity index (χ1n) is 4.75. The standard InChI is InChI=1S/C11H9NO5/c13-10(3-4-11(14)15)12-7-1-2-8-9(5-7)17-6-16-8/h1-5H,6H2,(H,12,13)(H,14,15)/p-1/b4-3-. The molecule has 0 spiro atoms. The molecule has 0 aromatic heterocycles. The predicted octanol–water partition coefficient (Wildman–Crippen LogP) is -0.340. The Morgan fingerprint density at radius 3 is 2.76 bits per heavy atom. The van der Waals surface area contributed by atoms with E-state index in [0.717, 1.165) is 6.08 Å². The molecule has 0 radical (unpaired) electrons. The minimum Gasteiger partial charge on any atom is -0.545 e. The zero-order valence-corrected chi connectivity index (χ0v) is 8.64. The molecule has 1 aliphatic heterocycles. The highest BCUT2D eigenvalue weighted by molar-refractivity contribution is 6.02. The van der Waals surface area contributed by atoms with Gasteiger partial charge in [-0.1, -0.05) is 0 Å². The zero-order chi connectivity index (χ0) is 12.3. The summed E-state index contributed by atoms with van der Waals surface area (Å²) < 4.78 is 10.2. The molecule has 0 saturated heterocycles. The van der Waals surface area contributed by atoms with Crippen LogP contribution in [0.1, 0.15) is 0 Å². The van der Waals surface area contributed by atoms with Crippen molar-refractivity contribution >= 4 is 17.6 Å². The van der Waals surface area contributed by atoms with E-state index in [9.17, 15) is 14.7 Å². The lowest BCUT2D eigenvalue weighted by Crippen LogP contribution is -2.20. The van der Waals surface area contributed by atoms with Gasteiger partial charge < -0.3 is 24.7 Å². The van der Waals surface area contributed by atoms with Gasteiger partial charge in [0, 0.05) is 17.8 Å². The number of carboxylic acid groups (broad SMARTS) is 1. The normalized spacial score (nSPS) is 12.7. The molecule has 2 rings (SSSR count). The molecule has 1 aromatic rings. The molecule has 88 valence electrons. The second-order valence-electron chi connectivity index (χ2n) is 3.21. The van der Waals surface area contributed by atoms with Gasteiger partial charge in [0.05, 0.1) is 5.97 Å². The summed E-state index contributed by atoms with van der Waals surface area (Å²) in [6.45, 7) is 0.150. The van der Waals surface area contributed by atoms with Crippen molar-refractivity contribution in [2.75, 3.05) is 12.1 Å². The topological polar surface area (TPSA) is 87.7 Å². The molecule has 1 aliphatic rings. The van der Waals surface area contributed by atoms with Gasteiger partial charge in [-0.25, -0.2) is 0 Å². The molecule has 0 atom stereocenters. The summed E-state index contributed by atoms with van der Waals surface area (Å²) in [4.78, 5) is 21.4. The highest BCUT2D eigenvalue weighted by atomic mass is 16.7. The fourth-order valence-electron chi connectivity index (χ4n) is 1.30. The summed E-state index contributed by atoms with van der Waals surface area (Å²) in [6.07, 6.45) is 1.53. The van der Waals surface area contributed by atoms with Gasteiger partial charge in [0.2, 0.25) is 12.7 Å². The summed E-state index contributed by atoms with van der Waals surface area (Å²) in [6, 6.07) is 4.87. The Kier molecular flexibility index (Phi) is 2.95. The van der Waals surface area contributed by atoms with E-state index in [-0.39, 0.29) is 6.79 Å². The SMILES string of the molecule is O=C([O-])/C=C\C(=O)Nc1ccc2c(c1)OCO2. The van der Waals surface area contributed by atoms with E-state index in [1.165, 1.54) is 0 Å². The quantitative estimate of drug-likeness (QED) is 0.723. The first-order valence-corrected chi connectivity index (χ1v) is 4.75. The second kappa shape index (κ2) is 4.56. The second-order valence-corrected chi connectivity index (χ2v) is 3.21. The Morgan fingerprint density at radius 1 is 1.24 bits per heavy atom. The number of carbonyl (C=O) groups excluding carboxylic acids is 2. The summed E-state index contributed by atoms with van der Waals surface area (Å²) in [7, 11) is 0. The van der Waals surface area contributed by atoms with Crippen LogP contribution in [0.2, 0.25) is 0 Å². The van der Waals surface area contributed by atoms with E-state index in [2.05, 4.69) is 5.32 Å². The molecule has 17 heavy (non-hydrogen) atoms. The number of ether oxygens (including phenoxy) is 2. The average molecular weight is 234 g/mol. The number of fused-ring (bicyclic) bond motifs is 1. The zero-order valence-electron chi connectivity index (χ0n) is 8.64.